The third-order valence-electron chi connectivity index (χ3n) is 3.02. The van der Waals surface area contributed by atoms with Gasteiger partial charge in [0.25, 0.3) is 0 Å². The normalized spacial score (nSPS) is 25.8. The second-order valence-electron chi connectivity index (χ2n) is 4.44. The van der Waals surface area contributed by atoms with Crippen molar-refractivity contribution in [1.29, 1.82) is 0 Å². The third kappa shape index (κ3) is 2.21. The summed E-state index contributed by atoms with van der Waals surface area (Å²) in [7, 11) is 0. The summed E-state index contributed by atoms with van der Waals surface area (Å²) in [6, 6.07) is 6.48. The van der Waals surface area contributed by atoms with Gasteiger partial charge in [0.1, 0.15) is 0 Å². The van der Waals surface area contributed by atoms with Crippen molar-refractivity contribution in [1.82, 2.24) is 0 Å². The van der Waals surface area contributed by atoms with Gasteiger partial charge < -0.3 is 9.84 Å². The van der Waals surface area contributed by atoms with Crippen LogP contribution in [-0.4, -0.2) is 18.3 Å². The Hall–Kier alpha value is -0.860. The fraction of sp³-hybridized carbons (Fsp3) is 0.538. The van der Waals surface area contributed by atoms with E-state index >= 15 is 0 Å². The van der Waals surface area contributed by atoms with Crippen LogP contribution in [0.25, 0.3) is 0 Å². The lowest BCUT2D eigenvalue weighted by molar-refractivity contribution is 0.0720. The molecule has 1 fully saturated rings. The Morgan fingerprint density at radius 3 is 2.53 bits per heavy atom. The standard InChI is InChI=1S/C13H18O2/c1-9-5-10(2)7-12(6-9)13-11(8-14)3-4-15-13/h5-7,11,13-14H,3-4,8H2,1-2H3. The van der Waals surface area contributed by atoms with Gasteiger partial charge in [0.2, 0.25) is 0 Å². The van der Waals surface area contributed by atoms with Gasteiger partial charge in [-0.05, 0) is 25.8 Å². The first-order chi connectivity index (χ1) is 7.20. The average molecular weight is 206 g/mol. The molecule has 0 radical (unpaired) electrons. The van der Waals surface area contributed by atoms with Gasteiger partial charge in [0.05, 0.1) is 6.10 Å². The molecule has 1 heterocycles. The summed E-state index contributed by atoms with van der Waals surface area (Å²) < 4.78 is 5.69. The van der Waals surface area contributed by atoms with Crippen LogP contribution in [0.2, 0.25) is 0 Å². The molecule has 1 aromatic carbocycles. The van der Waals surface area contributed by atoms with E-state index in [0.717, 1.165) is 13.0 Å². The summed E-state index contributed by atoms with van der Waals surface area (Å²) in [5.74, 6) is 0.270. The minimum Gasteiger partial charge on any atom is -0.396 e. The van der Waals surface area contributed by atoms with E-state index in [0.29, 0.717) is 0 Å². The number of ether oxygens (including phenoxy) is 1. The van der Waals surface area contributed by atoms with Gasteiger partial charge in [-0.25, -0.2) is 0 Å². The van der Waals surface area contributed by atoms with Gasteiger partial charge in [0.15, 0.2) is 0 Å². The summed E-state index contributed by atoms with van der Waals surface area (Å²) in [5, 5.41) is 9.26. The zero-order chi connectivity index (χ0) is 10.8. The quantitative estimate of drug-likeness (QED) is 0.805. The van der Waals surface area contributed by atoms with Crippen LogP contribution >= 0.6 is 0 Å². The van der Waals surface area contributed by atoms with Crippen molar-refractivity contribution < 1.29 is 9.84 Å². The number of benzene rings is 1. The van der Waals surface area contributed by atoms with Crippen molar-refractivity contribution in [3.63, 3.8) is 0 Å². The Labute approximate surface area is 90.9 Å². The second kappa shape index (κ2) is 4.33. The maximum Gasteiger partial charge on any atom is 0.0876 e. The van der Waals surface area contributed by atoms with E-state index in [1.54, 1.807) is 0 Å². The minimum atomic E-state index is 0.0913. The molecule has 0 aromatic heterocycles. The van der Waals surface area contributed by atoms with Gasteiger partial charge in [0, 0.05) is 19.1 Å². The lowest BCUT2D eigenvalue weighted by Gasteiger charge is -2.17. The van der Waals surface area contributed by atoms with Gasteiger partial charge in [-0.3, -0.25) is 0 Å². The number of hydrogen-bond acceptors (Lipinski definition) is 2. The van der Waals surface area contributed by atoms with Crippen LogP contribution in [0.3, 0.4) is 0 Å². The van der Waals surface area contributed by atoms with Gasteiger partial charge in [-0.2, -0.15) is 0 Å². The Balaban J connectivity index is 2.28. The predicted molar refractivity (Wildman–Crippen MR) is 59.8 cm³/mol. The molecule has 15 heavy (non-hydrogen) atoms. The van der Waals surface area contributed by atoms with E-state index in [-0.39, 0.29) is 18.6 Å². The van der Waals surface area contributed by atoms with Crippen molar-refractivity contribution in [3.05, 3.63) is 34.9 Å². The Morgan fingerprint density at radius 2 is 1.93 bits per heavy atom. The minimum absolute atomic E-state index is 0.0913. The summed E-state index contributed by atoms with van der Waals surface area (Å²) in [6.07, 6.45) is 1.06. The molecule has 0 amide bonds. The van der Waals surface area contributed by atoms with Crippen molar-refractivity contribution >= 4 is 0 Å². The van der Waals surface area contributed by atoms with Crippen LogP contribution in [-0.2, 0) is 4.74 Å². The highest BCUT2D eigenvalue weighted by atomic mass is 16.5. The summed E-state index contributed by atoms with van der Waals surface area (Å²) in [6.45, 7) is 5.18. The molecule has 1 aliphatic rings. The fourth-order valence-electron chi connectivity index (χ4n) is 2.36. The zero-order valence-electron chi connectivity index (χ0n) is 9.36. The fourth-order valence-corrected chi connectivity index (χ4v) is 2.36. The maximum atomic E-state index is 9.26. The van der Waals surface area contributed by atoms with E-state index in [1.165, 1.54) is 16.7 Å². The van der Waals surface area contributed by atoms with Crippen LogP contribution < -0.4 is 0 Å². The molecule has 1 aromatic rings. The van der Waals surface area contributed by atoms with Gasteiger partial charge >= 0.3 is 0 Å². The maximum absolute atomic E-state index is 9.26. The van der Waals surface area contributed by atoms with Crippen LogP contribution in [0, 0.1) is 19.8 Å². The largest absolute Gasteiger partial charge is 0.396 e. The van der Waals surface area contributed by atoms with E-state index in [9.17, 15) is 5.11 Å². The molecular weight excluding hydrogens is 188 g/mol. The molecule has 2 unspecified atom stereocenters. The van der Waals surface area contributed by atoms with E-state index in [1.807, 2.05) is 0 Å². The Morgan fingerprint density at radius 1 is 1.27 bits per heavy atom. The van der Waals surface area contributed by atoms with Crippen molar-refractivity contribution in [2.75, 3.05) is 13.2 Å². The molecule has 0 saturated carbocycles. The van der Waals surface area contributed by atoms with Gasteiger partial charge in [-0.1, -0.05) is 29.3 Å². The molecule has 82 valence electrons. The summed E-state index contributed by atoms with van der Waals surface area (Å²) in [5.41, 5.74) is 3.73. The third-order valence-corrected chi connectivity index (χ3v) is 3.02. The van der Waals surface area contributed by atoms with Crippen molar-refractivity contribution in [3.8, 4) is 0 Å². The second-order valence-corrected chi connectivity index (χ2v) is 4.44. The van der Waals surface area contributed by atoms with Crippen molar-refractivity contribution in [2.24, 2.45) is 5.92 Å². The summed E-state index contributed by atoms with van der Waals surface area (Å²) >= 11 is 0. The first kappa shape index (κ1) is 10.7. The van der Waals surface area contributed by atoms with Crippen LogP contribution in [0.4, 0.5) is 0 Å². The summed E-state index contributed by atoms with van der Waals surface area (Å²) in [4.78, 5) is 0. The Bertz CT molecular complexity index is 326. The number of aliphatic hydroxyl groups excluding tert-OH is 1. The first-order valence-electron chi connectivity index (χ1n) is 5.51. The van der Waals surface area contributed by atoms with Crippen LogP contribution in [0.15, 0.2) is 18.2 Å². The number of aliphatic hydroxyl groups is 1. The molecule has 0 aliphatic carbocycles. The number of rotatable bonds is 2. The van der Waals surface area contributed by atoms with E-state index < -0.39 is 0 Å². The van der Waals surface area contributed by atoms with Crippen LogP contribution in [0.5, 0.6) is 0 Å². The number of aryl methyl sites for hydroxylation is 2. The van der Waals surface area contributed by atoms with Gasteiger partial charge in [-0.15, -0.1) is 0 Å². The molecular formula is C13H18O2. The molecule has 2 rings (SSSR count). The monoisotopic (exact) mass is 206 g/mol. The van der Waals surface area contributed by atoms with Crippen molar-refractivity contribution in [2.45, 2.75) is 26.4 Å². The molecule has 1 aliphatic heterocycles. The lowest BCUT2D eigenvalue weighted by Crippen LogP contribution is -2.11. The molecule has 2 atom stereocenters. The average Bonchev–Trinajstić information content (AvgIpc) is 2.63. The molecule has 2 heteroatoms. The molecule has 0 spiro atoms. The lowest BCUT2D eigenvalue weighted by atomic mass is 9.94. The topological polar surface area (TPSA) is 29.5 Å². The predicted octanol–water partition coefficient (Wildman–Crippen LogP) is 2.37. The SMILES string of the molecule is Cc1cc(C)cc(C2OCCC2CO)c1. The molecule has 0 bridgehead atoms. The molecule has 1 N–H and O–H groups in total. The number of hydrogen-bond donors (Lipinski definition) is 1. The Kier molecular flexibility index (Phi) is 3.08. The first-order valence-corrected chi connectivity index (χ1v) is 5.51. The van der Waals surface area contributed by atoms with E-state index in [4.69, 9.17) is 4.74 Å². The van der Waals surface area contributed by atoms with E-state index in [2.05, 4.69) is 32.0 Å². The van der Waals surface area contributed by atoms with Crippen LogP contribution in [0.1, 0.15) is 29.2 Å². The highest BCUT2D eigenvalue weighted by molar-refractivity contribution is 5.30. The zero-order valence-corrected chi connectivity index (χ0v) is 9.36. The molecule has 2 nitrogen and oxygen atoms in total. The molecule has 1 saturated heterocycles. The smallest absolute Gasteiger partial charge is 0.0876 e. The highest BCUT2D eigenvalue weighted by Crippen LogP contribution is 2.34. The highest BCUT2D eigenvalue weighted by Gasteiger charge is 2.29.